The molecule has 86 valence electrons. The summed E-state index contributed by atoms with van der Waals surface area (Å²) in [6.45, 7) is 21.3. The molecule has 0 radical (unpaired) electrons. The Morgan fingerprint density at radius 3 is 0.929 bits per heavy atom. The second-order valence-corrected chi connectivity index (χ2v) is 7.17. The zero-order valence-electron chi connectivity index (χ0n) is 11.7. The van der Waals surface area contributed by atoms with Crippen LogP contribution in [0.1, 0.15) is 62.3 Å². The lowest BCUT2D eigenvalue weighted by Crippen LogP contribution is -2.33. The Hall–Kier alpha value is 0. The van der Waals surface area contributed by atoms with Crippen LogP contribution in [-0.2, 0) is 0 Å². The number of hydrogen-bond donors (Lipinski definition) is 0. The predicted octanol–water partition coefficient (Wildman–Crippen LogP) is 4.99. The number of rotatable bonds is 2. The van der Waals surface area contributed by atoms with E-state index in [0.29, 0.717) is 10.8 Å². The highest BCUT2D eigenvalue weighted by atomic mass is 14.4. The summed E-state index contributed by atoms with van der Waals surface area (Å²) in [5, 5.41) is 0. The molecule has 0 aliphatic heterocycles. The minimum absolute atomic E-state index is 0.429. The maximum atomic E-state index is 2.41. The van der Waals surface area contributed by atoms with Crippen LogP contribution in [0.25, 0.3) is 0 Å². The van der Waals surface area contributed by atoms with Gasteiger partial charge in [0.2, 0.25) is 0 Å². The van der Waals surface area contributed by atoms with E-state index in [0.717, 1.165) is 17.8 Å². The molecule has 14 heavy (non-hydrogen) atoms. The van der Waals surface area contributed by atoms with E-state index >= 15 is 0 Å². The Labute approximate surface area is 91.5 Å². The van der Waals surface area contributed by atoms with E-state index < -0.39 is 0 Å². The van der Waals surface area contributed by atoms with Crippen molar-refractivity contribution in [1.29, 1.82) is 0 Å². The molecule has 3 atom stereocenters. The molecule has 0 nitrogen and oxygen atoms in total. The SMILES string of the molecule is CC(C(C)C(C)(C)C)[C@@H](C)C(C)(C)C. The minimum atomic E-state index is 0.429. The van der Waals surface area contributed by atoms with Gasteiger partial charge < -0.3 is 0 Å². The van der Waals surface area contributed by atoms with Crippen LogP contribution >= 0.6 is 0 Å². The predicted molar refractivity (Wildman–Crippen MR) is 66.4 cm³/mol. The fourth-order valence-corrected chi connectivity index (χ4v) is 2.01. The smallest absolute Gasteiger partial charge is 0.0354 e. The van der Waals surface area contributed by atoms with Gasteiger partial charge in [-0.3, -0.25) is 0 Å². The fourth-order valence-electron chi connectivity index (χ4n) is 2.01. The van der Waals surface area contributed by atoms with Gasteiger partial charge in [-0.1, -0.05) is 62.3 Å². The topological polar surface area (TPSA) is 0 Å². The summed E-state index contributed by atoms with van der Waals surface area (Å²) in [5.74, 6) is 2.34. The van der Waals surface area contributed by atoms with Crippen LogP contribution in [0.3, 0.4) is 0 Å². The van der Waals surface area contributed by atoms with Gasteiger partial charge in [-0.2, -0.15) is 0 Å². The van der Waals surface area contributed by atoms with E-state index in [1.54, 1.807) is 0 Å². The van der Waals surface area contributed by atoms with Crippen molar-refractivity contribution in [2.45, 2.75) is 62.3 Å². The van der Waals surface area contributed by atoms with Gasteiger partial charge in [-0.05, 0) is 28.6 Å². The molecular formula is C14H30. The van der Waals surface area contributed by atoms with Gasteiger partial charge >= 0.3 is 0 Å². The Morgan fingerprint density at radius 1 is 0.571 bits per heavy atom. The van der Waals surface area contributed by atoms with E-state index in [1.165, 1.54) is 0 Å². The van der Waals surface area contributed by atoms with E-state index in [4.69, 9.17) is 0 Å². The summed E-state index contributed by atoms with van der Waals surface area (Å²) in [4.78, 5) is 0. The van der Waals surface area contributed by atoms with Gasteiger partial charge in [0.15, 0.2) is 0 Å². The Balaban J connectivity index is 4.56. The zero-order valence-corrected chi connectivity index (χ0v) is 11.7. The molecule has 0 heteroatoms. The van der Waals surface area contributed by atoms with Crippen molar-refractivity contribution in [3.63, 3.8) is 0 Å². The maximum absolute atomic E-state index is 2.41. The first-order chi connectivity index (χ1) is 5.98. The molecule has 0 fully saturated rings. The third-order valence-corrected chi connectivity index (χ3v) is 4.31. The number of hydrogen-bond acceptors (Lipinski definition) is 0. The van der Waals surface area contributed by atoms with E-state index in [2.05, 4.69) is 62.3 Å². The normalized spacial score (nSPS) is 20.4. The van der Waals surface area contributed by atoms with Crippen LogP contribution in [-0.4, -0.2) is 0 Å². The monoisotopic (exact) mass is 198 g/mol. The largest absolute Gasteiger partial charge is 0.0620 e. The van der Waals surface area contributed by atoms with Crippen molar-refractivity contribution in [2.75, 3.05) is 0 Å². The first-order valence-corrected chi connectivity index (χ1v) is 5.98. The summed E-state index contributed by atoms with van der Waals surface area (Å²) in [6.07, 6.45) is 0. The lowest BCUT2D eigenvalue weighted by molar-refractivity contribution is 0.0857. The minimum Gasteiger partial charge on any atom is -0.0620 e. The van der Waals surface area contributed by atoms with Gasteiger partial charge in [0.05, 0.1) is 0 Å². The molecule has 0 aromatic heterocycles. The van der Waals surface area contributed by atoms with E-state index in [-0.39, 0.29) is 0 Å². The molecule has 0 saturated carbocycles. The molecule has 0 spiro atoms. The highest BCUT2D eigenvalue weighted by Gasteiger charge is 2.33. The van der Waals surface area contributed by atoms with Crippen LogP contribution in [0, 0.1) is 28.6 Å². The average Bonchev–Trinajstić information content (AvgIpc) is 1.97. The average molecular weight is 198 g/mol. The molecule has 0 heterocycles. The quantitative estimate of drug-likeness (QED) is 0.586. The van der Waals surface area contributed by atoms with Crippen LogP contribution < -0.4 is 0 Å². The molecule has 0 aromatic carbocycles. The molecule has 0 bridgehead atoms. The third-order valence-electron chi connectivity index (χ3n) is 4.31. The first-order valence-electron chi connectivity index (χ1n) is 5.98. The lowest BCUT2D eigenvalue weighted by Gasteiger charge is -2.41. The summed E-state index contributed by atoms with van der Waals surface area (Å²) < 4.78 is 0. The molecule has 0 aromatic rings. The van der Waals surface area contributed by atoms with Gasteiger partial charge in [-0.15, -0.1) is 0 Å². The summed E-state index contributed by atoms with van der Waals surface area (Å²) in [5.41, 5.74) is 0.859. The Kier molecular flexibility index (Phi) is 4.24. The molecule has 0 saturated heterocycles. The molecule has 0 rings (SSSR count). The van der Waals surface area contributed by atoms with E-state index in [9.17, 15) is 0 Å². The lowest BCUT2D eigenvalue weighted by atomic mass is 9.65. The van der Waals surface area contributed by atoms with Crippen LogP contribution in [0.2, 0.25) is 0 Å². The molecular weight excluding hydrogens is 168 g/mol. The summed E-state index contributed by atoms with van der Waals surface area (Å²) in [7, 11) is 0. The second-order valence-electron chi connectivity index (χ2n) is 7.17. The third kappa shape index (κ3) is 3.63. The van der Waals surface area contributed by atoms with Crippen molar-refractivity contribution in [1.82, 2.24) is 0 Å². The summed E-state index contributed by atoms with van der Waals surface area (Å²) >= 11 is 0. The Bertz CT molecular complexity index is 145. The van der Waals surface area contributed by atoms with Crippen molar-refractivity contribution in [3.05, 3.63) is 0 Å². The second kappa shape index (κ2) is 4.24. The zero-order chi connectivity index (χ0) is 11.7. The fraction of sp³-hybridized carbons (Fsp3) is 1.00. The molecule has 0 aliphatic carbocycles. The van der Waals surface area contributed by atoms with Crippen LogP contribution in [0.4, 0.5) is 0 Å². The summed E-state index contributed by atoms with van der Waals surface area (Å²) in [6, 6.07) is 0. The molecule has 0 aliphatic rings. The van der Waals surface area contributed by atoms with Crippen molar-refractivity contribution < 1.29 is 0 Å². The first kappa shape index (κ1) is 14.0. The van der Waals surface area contributed by atoms with Crippen molar-refractivity contribution in [3.8, 4) is 0 Å². The Morgan fingerprint density at radius 2 is 0.786 bits per heavy atom. The molecule has 0 N–H and O–H groups in total. The van der Waals surface area contributed by atoms with Gasteiger partial charge in [0, 0.05) is 0 Å². The van der Waals surface area contributed by atoms with Crippen molar-refractivity contribution in [2.24, 2.45) is 28.6 Å². The maximum Gasteiger partial charge on any atom is -0.0354 e. The standard InChI is InChI=1S/C14H30/c1-10(11(2)13(4,5)6)12(3)14(7,8)9/h10-12H,1-9H3/t10?,11-,12?/m1/s1. The highest BCUT2D eigenvalue weighted by Crippen LogP contribution is 2.41. The van der Waals surface area contributed by atoms with Crippen molar-refractivity contribution >= 4 is 0 Å². The van der Waals surface area contributed by atoms with Gasteiger partial charge in [-0.25, -0.2) is 0 Å². The van der Waals surface area contributed by atoms with Crippen LogP contribution in [0.5, 0.6) is 0 Å². The van der Waals surface area contributed by atoms with Gasteiger partial charge in [0.1, 0.15) is 0 Å². The molecule has 0 amide bonds. The van der Waals surface area contributed by atoms with Crippen LogP contribution in [0.15, 0.2) is 0 Å². The van der Waals surface area contributed by atoms with E-state index in [1.807, 2.05) is 0 Å². The molecule has 2 unspecified atom stereocenters. The van der Waals surface area contributed by atoms with Gasteiger partial charge in [0.25, 0.3) is 0 Å². The highest BCUT2D eigenvalue weighted by molar-refractivity contribution is 4.82.